The van der Waals surface area contributed by atoms with Crippen LogP contribution in [0.15, 0.2) is 92.0 Å². The molecule has 0 N–H and O–H groups in total. The maximum absolute atomic E-state index is 12.2. The molecule has 4 rings (SSSR count). The fraction of sp³-hybridized carbons (Fsp3) is 0.148. The summed E-state index contributed by atoms with van der Waals surface area (Å²) in [6.07, 6.45) is 0. The lowest BCUT2D eigenvalue weighted by Crippen LogP contribution is -2.25. The molecular formula is C27H29NO. The van der Waals surface area contributed by atoms with Crippen LogP contribution in [0, 0.1) is 6.92 Å². The molecule has 1 heterocycles. The molecule has 29 heavy (non-hydrogen) atoms. The molecule has 0 spiro atoms. The number of allylic oxidation sites excluding steroid dienone is 1. The van der Waals surface area contributed by atoms with Gasteiger partial charge in [0.1, 0.15) is 0 Å². The van der Waals surface area contributed by atoms with Gasteiger partial charge >= 0.3 is 0 Å². The molecule has 0 aromatic heterocycles. The van der Waals surface area contributed by atoms with Crippen molar-refractivity contribution in [3.05, 3.63) is 114 Å². The van der Waals surface area contributed by atoms with E-state index < -0.39 is 0 Å². The van der Waals surface area contributed by atoms with Gasteiger partial charge in [0.2, 0.25) is 0 Å². The van der Waals surface area contributed by atoms with E-state index in [0.29, 0.717) is 12.1 Å². The third-order valence-electron chi connectivity index (χ3n) is 4.81. The minimum atomic E-state index is 0. The normalized spacial score (nSPS) is 11.9. The Morgan fingerprint density at radius 1 is 0.897 bits per heavy atom. The molecule has 1 aliphatic heterocycles. The molecule has 2 heteroatoms. The van der Waals surface area contributed by atoms with Crippen LogP contribution in [-0.4, -0.2) is 5.91 Å². The Balaban J connectivity index is 0.000000234. The molecule has 2 nitrogen and oxygen atoms in total. The molecular weight excluding hydrogens is 354 g/mol. The van der Waals surface area contributed by atoms with Crippen LogP contribution in [0.4, 0.5) is 5.69 Å². The molecule has 3 aromatic carbocycles. The molecule has 1 aliphatic rings. The van der Waals surface area contributed by atoms with Crippen molar-refractivity contribution >= 4 is 22.7 Å². The highest BCUT2D eigenvalue weighted by Gasteiger charge is 2.30. The summed E-state index contributed by atoms with van der Waals surface area (Å²) in [7, 11) is 0. The number of para-hydroxylation sites is 1. The van der Waals surface area contributed by atoms with E-state index in [1.807, 2.05) is 73.7 Å². The van der Waals surface area contributed by atoms with Crippen LogP contribution in [0.25, 0.3) is 11.1 Å². The first-order valence-electron chi connectivity index (χ1n) is 9.34. The van der Waals surface area contributed by atoms with Gasteiger partial charge in [0.25, 0.3) is 5.91 Å². The number of nitrogens with zero attached hydrogens (tertiary/aromatic N) is 1. The minimum absolute atomic E-state index is 0. The van der Waals surface area contributed by atoms with E-state index in [-0.39, 0.29) is 13.3 Å². The summed E-state index contributed by atoms with van der Waals surface area (Å²) >= 11 is 0. The Bertz CT molecular complexity index is 1020. The zero-order chi connectivity index (χ0) is 20.1. The van der Waals surface area contributed by atoms with Crippen molar-refractivity contribution in [3.63, 3.8) is 0 Å². The highest BCUT2D eigenvalue weighted by atomic mass is 16.2. The largest absolute Gasteiger partial charge is 0.303 e. The van der Waals surface area contributed by atoms with Crippen molar-refractivity contribution in [3.8, 4) is 0 Å². The Kier molecular flexibility index (Phi) is 7.33. The van der Waals surface area contributed by atoms with Gasteiger partial charge in [-0.2, -0.15) is 0 Å². The van der Waals surface area contributed by atoms with Gasteiger partial charge < -0.3 is 4.90 Å². The number of amides is 1. The molecule has 0 fully saturated rings. The van der Waals surface area contributed by atoms with Crippen LogP contribution >= 0.6 is 0 Å². The molecule has 0 saturated heterocycles. The highest BCUT2D eigenvalue weighted by molar-refractivity contribution is 6.31. The zero-order valence-electron chi connectivity index (χ0n) is 16.5. The summed E-state index contributed by atoms with van der Waals surface area (Å²) in [5, 5.41) is 0. The van der Waals surface area contributed by atoms with E-state index in [1.165, 1.54) is 11.1 Å². The first-order chi connectivity index (χ1) is 13.5. The average Bonchev–Trinajstić information content (AvgIpc) is 2.95. The van der Waals surface area contributed by atoms with Crippen LogP contribution in [0.2, 0.25) is 0 Å². The molecule has 148 valence electrons. The van der Waals surface area contributed by atoms with Gasteiger partial charge in [0, 0.05) is 11.1 Å². The lowest BCUT2D eigenvalue weighted by Gasteiger charge is -2.17. The number of carbonyl (C=O) groups is 1. The third kappa shape index (κ3) is 4.91. The number of anilines is 1. The van der Waals surface area contributed by atoms with Crippen molar-refractivity contribution < 1.29 is 4.79 Å². The van der Waals surface area contributed by atoms with Gasteiger partial charge in [0.15, 0.2) is 0 Å². The Morgan fingerprint density at radius 2 is 1.48 bits per heavy atom. The Hall–Kier alpha value is -3.39. The topological polar surface area (TPSA) is 20.3 Å². The standard InChI is InChI=1S/C16H13NO.C10H12.CH4/c1-12-14-9-5-6-10-15(14)17(16(12)18)11-13-7-3-2-4-8-13;1-8(2)10-7-5-4-6-9(10)3;/h2-10H,1,11H2;4-7H,1H2,2-3H3;1H4. The number of aryl methyl sites for hydroxylation is 1. The smallest absolute Gasteiger partial charge is 0.258 e. The van der Waals surface area contributed by atoms with Crippen LogP contribution in [0.1, 0.15) is 36.6 Å². The van der Waals surface area contributed by atoms with E-state index in [4.69, 9.17) is 0 Å². The maximum Gasteiger partial charge on any atom is 0.258 e. The number of benzene rings is 3. The molecule has 0 bridgehead atoms. The van der Waals surface area contributed by atoms with Gasteiger partial charge in [-0.05, 0) is 36.6 Å². The summed E-state index contributed by atoms with van der Waals surface area (Å²) in [5.74, 6) is 0.0000491. The number of rotatable bonds is 3. The SMILES string of the molecule is C.C=C(C)c1ccccc1C.C=C1C(=O)N(Cc2ccccc2)c2ccccc21. The predicted octanol–water partition coefficient (Wildman–Crippen LogP) is 6.91. The second-order valence-corrected chi connectivity index (χ2v) is 6.97. The second kappa shape index (κ2) is 9.70. The molecule has 0 aliphatic carbocycles. The summed E-state index contributed by atoms with van der Waals surface area (Å²) < 4.78 is 0. The van der Waals surface area contributed by atoms with Crippen LogP contribution in [-0.2, 0) is 11.3 Å². The van der Waals surface area contributed by atoms with Crippen molar-refractivity contribution in [1.82, 2.24) is 0 Å². The molecule has 1 amide bonds. The number of hydrogen-bond donors (Lipinski definition) is 0. The molecule has 0 radical (unpaired) electrons. The van der Waals surface area contributed by atoms with Crippen molar-refractivity contribution in [2.45, 2.75) is 27.8 Å². The molecule has 3 aromatic rings. The van der Waals surface area contributed by atoms with Crippen molar-refractivity contribution in [2.75, 3.05) is 4.90 Å². The van der Waals surface area contributed by atoms with Crippen LogP contribution in [0.3, 0.4) is 0 Å². The van der Waals surface area contributed by atoms with E-state index in [1.54, 1.807) is 4.90 Å². The summed E-state index contributed by atoms with van der Waals surface area (Å²) in [6, 6.07) is 26.1. The summed E-state index contributed by atoms with van der Waals surface area (Å²) in [4.78, 5) is 14.0. The third-order valence-corrected chi connectivity index (χ3v) is 4.81. The van der Waals surface area contributed by atoms with Crippen LogP contribution in [0.5, 0.6) is 0 Å². The van der Waals surface area contributed by atoms with Gasteiger partial charge in [0.05, 0.1) is 12.2 Å². The average molecular weight is 384 g/mol. The molecule has 0 atom stereocenters. The lowest BCUT2D eigenvalue weighted by atomic mass is 10.0. The minimum Gasteiger partial charge on any atom is -0.303 e. The van der Waals surface area contributed by atoms with Gasteiger partial charge in [-0.1, -0.05) is 99.0 Å². The first-order valence-corrected chi connectivity index (χ1v) is 9.34. The van der Waals surface area contributed by atoms with Crippen molar-refractivity contribution in [1.29, 1.82) is 0 Å². The number of hydrogen-bond acceptors (Lipinski definition) is 1. The fourth-order valence-electron chi connectivity index (χ4n) is 3.33. The zero-order valence-corrected chi connectivity index (χ0v) is 16.5. The quantitative estimate of drug-likeness (QED) is 0.450. The maximum atomic E-state index is 12.2. The summed E-state index contributed by atoms with van der Waals surface area (Å²) in [6.45, 7) is 12.5. The number of fused-ring (bicyclic) bond motifs is 1. The van der Waals surface area contributed by atoms with Crippen LogP contribution < -0.4 is 4.90 Å². The van der Waals surface area contributed by atoms with E-state index >= 15 is 0 Å². The monoisotopic (exact) mass is 383 g/mol. The van der Waals surface area contributed by atoms with Gasteiger partial charge in [-0.3, -0.25) is 4.79 Å². The number of carbonyl (C=O) groups excluding carboxylic acids is 1. The first kappa shape index (κ1) is 21.9. The Labute approximate surface area is 174 Å². The van der Waals surface area contributed by atoms with E-state index in [9.17, 15) is 4.79 Å². The molecule has 0 unspecified atom stereocenters. The van der Waals surface area contributed by atoms with E-state index in [2.05, 4.69) is 32.2 Å². The fourth-order valence-corrected chi connectivity index (χ4v) is 3.33. The molecule has 0 saturated carbocycles. The summed E-state index contributed by atoms with van der Waals surface area (Å²) in [5.41, 5.74) is 7.31. The predicted molar refractivity (Wildman–Crippen MR) is 126 cm³/mol. The Morgan fingerprint density at radius 3 is 2.10 bits per heavy atom. The highest BCUT2D eigenvalue weighted by Crippen LogP contribution is 2.36. The van der Waals surface area contributed by atoms with E-state index in [0.717, 1.165) is 22.4 Å². The lowest BCUT2D eigenvalue weighted by molar-refractivity contribution is -0.113. The van der Waals surface area contributed by atoms with Crippen molar-refractivity contribution in [2.24, 2.45) is 0 Å². The second-order valence-electron chi connectivity index (χ2n) is 6.97. The van der Waals surface area contributed by atoms with Gasteiger partial charge in [-0.25, -0.2) is 0 Å². The van der Waals surface area contributed by atoms with Gasteiger partial charge in [-0.15, -0.1) is 0 Å².